The molecule has 3 N–H and O–H groups in total. The summed E-state index contributed by atoms with van der Waals surface area (Å²) < 4.78 is 0. The Hall–Kier alpha value is -0.280. The Morgan fingerprint density at radius 2 is 1.85 bits per heavy atom. The van der Waals surface area contributed by atoms with E-state index in [0.29, 0.717) is 6.54 Å². The number of aliphatic carboxylic acids is 1. The number of carbonyl (C=O) groups is 1. The van der Waals surface area contributed by atoms with Crippen LogP contribution in [0.15, 0.2) is 0 Å². The molecule has 1 aliphatic carbocycles. The van der Waals surface area contributed by atoms with Gasteiger partial charge in [-0.3, -0.25) is 4.79 Å². The van der Waals surface area contributed by atoms with E-state index in [1.165, 1.54) is 6.42 Å². The lowest BCUT2D eigenvalue weighted by Gasteiger charge is -2.34. The Labute approximate surface area is 85.1 Å². The minimum absolute atomic E-state index is 0. The Balaban J connectivity index is 0.00000144. The molecular weight excluding hydrogens is 190 g/mol. The van der Waals surface area contributed by atoms with Gasteiger partial charge in [-0.2, -0.15) is 0 Å². The third kappa shape index (κ3) is 3.53. The van der Waals surface area contributed by atoms with Gasteiger partial charge in [0, 0.05) is 0 Å². The zero-order valence-electron chi connectivity index (χ0n) is 7.76. The van der Waals surface area contributed by atoms with Crippen LogP contribution in [0.2, 0.25) is 0 Å². The molecule has 0 unspecified atom stereocenters. The van der Waals surface area contributed by atoms with Crippen LogP contribution < -0.4 is 18.1 Å². The van der Waals surface area contributed by atoms with Gasteiger partial charge in [0.15, 0.2) is 0 Å². The minimum atomic E-state index is -0.706. The molecule has 13 heavy (non-hydrogen) atoms. The standard InChI is InChI=1S/C9H17NO2.ClH/c10-7-9(6-8(11)12)4-2-1-3-5-9;/h1-7,10H2,(H,11,12);1H/p-1. The molecule has 1 fully saturated rings. The van der Waals surface area contributed by atoms with Crippen molar-refractivity contribution in [2.45, 2.75) is 38.5 Å². The van der Waals surface area contributed by atoms with E-state index >= 15 is 0 Å². The quantitative estimate of drug-likeness (QED) is 0.583. The molecule has 0 aromatic heterocycles. The van der Waals surface area contributed by atoms with E-state index in [4.69, 9.17) is 10.8 Å². The lowest BCUT2D eigenvalue weighted by Crippen LogP contribution is -3.00. The van der Waals surface area contributed by atoms with Crippen LogP contribution in [0.3, 0.4) is 0 Å². The fraction of sp³-hybridized carbons (Fsp3) is 0.889. The van der Waals surface area contributed by atoms with Gasteiger partial charge in [0.1, 0.15) is 0 Å². The smallest absolute Gasteiger partial charge is 0.303 e. The van der Waals surface area contributed by atoms with Gasteiger partial charge < -0.3 is 23.2 Å². The van der Waals surface area contributed by atoms with Crippen molar-refractivity contribution in [3.8, 4) is 0 Å². The summed E-state index contributed by atoms with van der Waals surface area (Å²) >= 11 is 0. The molecule has 0 atom stereocenters. The van der Waals surface area contributed by atoms with Crippen LogP contribution in [0.1, 0.15) is 38.5 Å². The Kier molecular flexibility index (Phi) is 5.33. The molecule has 0 aromatic carbocycles. The van der Waals surface area contributed by atoms with Crippen molar-refractivity contribution < 1.29 is 22.3 Å². The first kappa shape index (κ1) is 12.7. The van der Waals surface area contributed by atoms with Crippen molar-refractivity contribution in [3.05, 3.63) is 0 Å². The molecule has 0 heterocycles. The number of carboxylic acids is 1. The second-order valence-corrected chi connectivity index (χ2v) is 3.84. The van der Waals surface area contributed by atoms with E-state index < -0.39 is 5.97 Å². The summed E-state index contributed by atoms with van der Waals surface area (Å²) in [6, 6.07) is 0. The van der Waals surface area contributed by atoms with Crippen LogP contribution in [0, 0.1) is 5.41 Å². The van der Waals surface area contributed by atoms with Gasteiger partial charge in [0.2, 0.25) is 0 Å². The highest BCUT2D eigenvalue weighted by Gasteiger charge is 2.32. The van der Waals surface area contributed by atoms with Crippen molar-refractivity contribution in [3.63, 3.8) is 0 Å². The Morgan fingerprint density at radius 3 is 2.23 bits per heavy atom. The van der Waals surface area contributed by atoms with Crippen LogP contribution in [-0.4, -0.2) is 17.6 Å². The monoisotopic (exact) mass is 206 g/mol. The van der Waals surface area contributed by atoms with Crippen LogP contribution in [0.25, 0.3) is 0 Å². The van der Waals surface area contributed by atoms with Gasteiger partial charge in [-0.05, 0) is 24.8 Å². The predicted molar refractivity (Wildman–Crippen MR) is 46.8 cm³/mol. The van der Waals surface area contributed by atoms with Gasteiger partial charge in [0.05, 0.1) is 6.42 Å². The fourth-order valence-corrected chi connectivity index (χ4v) is 2.08. The van der Waals surface area contributed by atoms with Crippen molar-refractivity contribution >= 4 is 5.97 Å². The first-order chi connectivity index (χ1) is 5.68. The second kappa shape index (κ2) is 5.45. The SMILES string of the molecule is NCC1(CC(=O)O)CCCCC1.[Cl-]. The maximum absolute atomic E-state index is 10.6. The summed E-state index contributed by atoms with van der Waals surface area (Å²) in [6.07, 6.45) is 5.77. The number of nitrogens with two attached hydrogens (primary N) is 1. The average molecular weight is 207 g/mol. The largest absolute Gasteiger partial charge is 1.00 e. The molecular formula is C9H17ClNO2-. The lowest BCUT2D eigenvalue weighted by atomic mass is 9.72. The van der Waals surface area contributed by atoms with E-state index in [9.17, 15) is 4.79 Å². The van der Waals surface area contributed by atoms with Gasteiger partial charge in [-0.15, -0.1) is 0 Å². The molecule has 1 saturated carbocycles. The zero-order valence-corrected chi connectivity index (χ0v) is 8.52. The first-order valence-electron chi connectivity index (χ1n) is 4.60. The third-order valence-electron chi connectivity index (χ3n) is 2.87. The van der Waals surface area contributed by atoms with Crippen molar-refractivity contribution in [2.24, 2.45) is 11.1 Å². The van der Waals surface area contributed by atoms with Crippen LogP contribution in [-0.2, 0) is 4.79 Å². The van der Waals surface area contributed by atoms with Gasteiger partial charge >= 0.3 is 5.97 Å². The third-order valence-corrected chi connectivity index (χ3v) is 2.87. The van der Waals surface area contributed by atoms with Crippen LogP contribution in [0.5, 0.6) is 0 Å². The fourth-order valence-electron chi connectivity index (χ4n) is 2.08. The highest BCUT2D eigenvalue weighted by atomic mass is 35.5. The number of rotatable bonds is 3. The zero-order chi connectivity index (χ0) is 9.03. The number of hydrogen-bond donors (Lipinski definition) is 2. The van der Waals surface area contributed by atoms with Crippen molar-refractivity contribution in [1.29, 1.82) is 0 Å². The van der Waals surface area contributed by atoms with E-state index in [2.05, 4.69) is 0 Å². The number of halogens is 1. The van der Waals surface area contributed by atoms with Gasteiger partial charge in [-0.1, -0.05) is 19.3 Å². The Bertz CT molecular complexity index is 167. The summed E-state index contributed by atoms with van der Waals surface area (Å²) in [5.74, 6) is -0.706. The normalized spacial score (nSPS) is 20.4. The van der Waals surface area contributed by atoms with Crippen molar-refractivity contribution in [2.75, 3.05) is 6.54 Å². The van der Waals surface area contributed by atoms with E-state index in [-0.39, 0.29) is 24.2 Å². The minimum Gasteiger partial charge on any atom is -1.00 e. The molecule has 1 rings (SSSR count). The molecule has 0 amide bonds. The van der Waals surface area contributed by atoms with Gasteiger partial charge in [-0.25, -0.2) is 0 Å². The number of carboxylic acid groups (broad SMARTS) is 1. The van der Waals surface area contributed by atoms with Gasteiger partial charge in [0.25, 0.3) is 0 Å². The molecule has 0 aromatic rings. The molecule has 78 valence electrons. The van der Waals surface area contributed by atoms with E-state index in [1.807, 2.05) is 0 Å². The molecule has 0 saturated heterocycles. The molecule has 4 heteroatoms. The summed E-state index contributed by atoms with van der Waals surface area (Å²) in [5, 5.41) is 8.71. The van der Waals surface area contributed by atoms with Crippen LogP contribution >= 0.6 is 0 Å². The Morgan fingerprint density at radius 1 is 1.31 bits per heavy atom. The lowest BCUT2D eigenvalue weighted by molar-refractivity contribution is -0.140. The molecule has 3 nitrogen and oxygen atoms in total. The van der Waals surface area contributed by atoms with E-state index in [0.717, 1.165) is 25.7 Å². The highest BCUT2D eigenvalue weighted by Crippen LogP contribution is 2.38. The molecule has 0 radical (unpaired) electrons. The summed E-state index contributed by atoms with van der Waals surface area (Å²) in [5.41, 5.74) is 5.54. The predicted octanol–water partition coefficient (Wildman–Crippen LogP) is -1.63. The summed E-state index contributed by atoms with van der Waals surface area (Å²) in [6.45, 7) is 0.527. The van der Waals surface area contributed by atoms with Crippen LogP contribution in [0.4, 0.5) is 0 Å². The number of hydrogen-bond acceptors (Lipinski definition) is 2. The maximum Gasteiger partial charge on any atom is 0.303 e. The van der Waals surface area contributed by atoms with E-state index in [1.54, 1.807) is 0 Å². The summed E-state index contributed by atoms with van der Waals surface area (Å²) in [7, 11) is 0. The molecule has 0 aliphatic heterocycles. The topological polar surface area (TPSA) is 63.3 Å². The molecule has 1 aliphatic rings. The second-order valence-electron chi connectivity index (χ2n) is 3.84. The van der Waals surface area contributed by atoms with Crippen molar-refractivity contribution in [1.82, 2.24) is 0 Å². The average Bonchev–Trinajstić information content (AvgIpc) is 2.05. The molecule has 0 spiro atoms. The molecule has 0 bridgehead atoms. The summed E-state index contributed by atoms with van der Waals surface area (Å²) in [4.78, 5) is 10.6. The first-order valence-corrected chi connectivity index (χ1v) is 4.60. The highest BCUT2D eigenvalue weighted by molar-refractivity contribution is 5.67. The maximum atomic E-state index is 10.6.